The van der Waals surface area contributed by atoms with Crippen molar-refractivity contribution >= 4 is 17.5 Å². The lowest BCUT2D eigenvalue weighted by Gasteiger charge is -2.24. The molecule has 0 saturated carbocycles. The van der Waals surface area contributed by atoms with Gasteiger partial charge in [0.05, 0.1) is 24.6 Å². The molecule has 4 rings (SSSR count). The quantitative estimate of drug-likeness (QED) is 0.762. The number of nitrogens with zero attached hydrogens (tertiary/aromatic N) is 3. The first-order valence-electron chi connectivity index (χ1n) is 9.49. The van der Waals surface area contributed by atoms with Gasteiger partial charge in [-0.3, -0.25) is 14.3 Å². The molecule has 2 amide bonds. The maximum atomic E-state index is 12.6. The maximum Gasteiger partial charge on any atom is 0.392 e. The molecule has 1 aromatic carbocycles. The molecule has 2 aliphatic rings. The second-order valence-corrected chi connectivity index (χ2v) is 7.26. The summed E-state index contributed by atoms with van der Waals surface area (Å²) >= 11 is 0. The molecule has 30 heavy (non-hydrogen) atoms. The Balaban J connectivity index is 0.000000177. The van der Waals surface area contributed by atoms with E-state index in [4.69, 9.17) is 10.5 Å². The lowest BCUT2D eigenvalue weighted by molar-refractivity contribution is -0.177. The normalized spacial score (nSPS) is 18.4. The van der Waals surface area contributed by atoms with Crippen molar-refractivity contribution in [1.29, 1.82) is 0 Å². The predicted molar refractivity (Wildman–Crippen MR) is 103 cm³/mol. The summed E-state index contributed by atoms with van der Waals surface area (Å²) in [6, 6.07) is 7.57. The first-order valence-corrected chi connectivity index (χ1v) is 9.49. The van der Waals surface area contributed by atoms with Gasteiger partial charge in [-0.25, -0.2) is 0 Å². The highest BCUT2D eigenvalue weighted by atomic mass is 19.4. The summed E-state index contributed by atoms with van der Waals surface area (Å²) in [4.78, 5) is 24.2. The molecule has 1 aliphatic carbocycles. The van der Waals surface area contributed by atoms with Crippen molar-refractivity contribution in [3.63, 3.8) is 0 Å². The summed E-state index contributed by atoms with van der Waals surface area (Å²) in [5.74, 6) is -1.29. The summed E-state index contributed by atoms with van der Waals surface area (Å²) in [7, 11) is 3.38. The van der Waals surface area contributed by atoms with Crippen LogP contribution in [-0.4, -0.2) is 41.4 Å². The fourth-order valence-corrected chi connectivity index (χ4v) is 3.67. The molecule has 0 fully saturated rings. The summed E-state index contributed by atoms with van der Waals surface area (Å²) in [5, 5.41) is 3.88. The van der Waals surface area contributed by atoms with E-state index in [-0.39, 0.29) is 30.9 Å². The highest BCUT2D eigenvalue weighted by molar-refractivity contribution is 5.95. The van der Waals surface area contributed by atoms with Gasteiger partial charge in [0.2, 0.25) is 5.91 Å². The number of carbonyl (C=O) groups excluding carboxylic acids is 2. The molecule has 0 saturated heterocycles. The molecule has 162 valence electrons. The SMILES string of the molecule is CN1C(=O)CCOc2ccccc21.Cn1nc(C(N)=O)c2c1CCC(C(F)(F)F)C2. The fourth-order valence-electron chi connectivity index (χ4n) is 3.67. The van der Waals surface area contributed by atoms with Crippen molar-refractivity contribution in [2.75, 3.05) is 18.6 Å². The van der Waals surface area contributed by atoms with Crippen LogP contribution in [0.4, 0.5) is 18.9 Å². The van der Waals surface area contributed by atoms with Crippen LogP contribution in [0.25, 0.3) is 0 Å². The minimum Gasteiger partial charge on any atom is -0.491 e. The number of halogens is 3. The molecule has 0 spiro atoms. The van der Waals surface area contributed by atoms with E-state index < -0.39 is 18.0 Å². The molecular weight excluding hydrogens is 401 g/mol. The number of aryl methyl sites for hydroxylation is 1. The molecule has 1 aromatic heterocycles. The molecule has 2 heterocycles. The van der Waals surface area contributed by atoms with E-state index in [1.807, 2.05) is 24.3 Å². The lowest BCUT2D eigenvalue weighted by Crippen LogP contribution is -2.30. The number of fused-ring (bicyclic) bond motifs is 2. The van der Waals surface area contributed by atoms with Gasteiger partial charge in [-0.1, -0.05) is 12.1 Å². The van der Waals surface area contributed by atoms with Gasteiger partial charge in [0.15, 0.2) is 5.69 Å². The number of anilines is 1. The van der Waals surface area contributed by atoms with Crippen LogP contribution in [0.2, 0.25) is 0 Å². The number of ether oxygens (including phenoxy) is 1. The minimum absolute atomic E-state index is 0.0311. The topological polar surface area (TPSA) is 90.4 Å². The van der Waals surface area contributed by atoms with Gasteiger partial charge >= 0.3 is 6.18 Å². The third-order valence-corrected chi connectivity index (χ3v) is 5.33. The molecular formula is C20H23F3N4O3. The van der Waals surface area contributed by atoms with Crippen molar-refractivity contribution < 1.29 is 27.5 Å². The number of primary amides is 1. The van der Waals surface area contributed by atoms with Crippen LogP contribution in [0.15, 0.2) is 24.3 Å². The monoisotopic (exact) mass is 424 g/mol. The first-order chi connectivity index (χ1) is 14.1. The Morgan fingerprint density at radius 2 is 1.93 bits per heavy atom. The minimum atomic E-state index is -4.23. The van der Waals surface area contributed by atoms with E-state index in [0.717, 1.165) is 11.4 Å². The number of nitrogens with two attached hydrogens (primary N) is 1. The van der Waals surface area contributed by atoms with Gasteiger partial charge in [-0.15, -0.1) is 0 Å². The second-order valence-electron chi connectivity index (χ2n) is 7.26. The zero-order chi connectivity index (χ0) is 22.1. The van der Waals surface area contributed by atoms with E-state index in [2.05, 4.69) is 5.10 Å². The van der Waals surface area contributed by atoms with E-state index in [1.165, 1.54) is 4.68 Å². The summed E-state index contributed by atoms with van der Waals surface area (Å²) in [6.07, 6.45) is -3.68. The van der Waals surface area contributed by atoms with E-state index in [9.17, 15) is 22.8 Å². The van der Waals surface area contributed by atoms with Crippen LogP contribution < -0.4 is 15.4 Å². The molecule has 7 nitrogen and oxygen atoms in total. The summed E-state index contributed by atoms with van der Waals surface area (Å²) in [6.45, 7) is 0.472. The van der Waals surface area contributed by atoms with Crippen LogP contribution in [0.3, 0.4) is 0 Å². The third-order valence-electron chi connectivity index (χ3n) is 5.33. The lowest BCUT2D eigenvalue weighted by atomic mass is 9.86. The zero-order valence-corrected chi connectivity index (χ0v) is 16.7. The van der Waals surface area contributed by atoms with Crippen LogP contribution in [0, 0.1) is 5.92 Å². The van der Waals surface area contributed by atoms with Crippen LogP contribution in [-0.2, 0) is 24.7 Å². The van der Waals surface area contributed by atoms with Crippen molar-refractivity contribution in [2.24, 2.45) is 18.7 Å². The Bertz CT molecular complexity index is 955. The highest BCUT2D eigenvalue weighted by Crippen LogP contribution is 2.37. The van der Waals surface area contributed by atoms with Crippen LogP contribution in [0.5, 0.6) is 5.75 Å². The van der Waals surface area contributed by atoms with Crippen LogP contribution >= 0.6 is 0 Å². The Hall–Kier alpha value is -3.04. The number of rotatable bonds is 1. The number of hydrogen-bond acceptors (Lipinski definition) is 4. The molecule has 0 bridgehead atoms. The summed E-state index contributed by atoms with van der Waals surface area (Å²) < 4.78 is 44.8. The van der Waals surface area contributed by atoms with E-state index >= 15 is 0 Å². The Morgan fingerprint density at radius 1 is 1.23 bits per heavy atom. The third kappa shape index (κ3) is 4.42. The van der Waals surface area contributed by atoms with Gasteiger partial charge < -0.3 is 15.4 Å². The van der Waals surface area contributed by atoms with Gasteiger partial charge in [0.1, 0.15) is 5.75 Å². The standard InChI is InChI=1S/C10H12F3N3O.C10H11NO2/c1-16-7-3-2-5(10(11,12)13)4-6(7)8(15-16)9(14)17;1-11-8-4-2-3-5-9(8)13-7-6-10(11)12/h5H,2-4H2,1H3,(H2,14,17);2-5H,6-7H2,1H3. The number of carbonyl (C=O) groups is 2. The molecule has 1 unspecified atom stereocenters. The average molecular weight is 424 g/mol. The molecule has 10 heteroatoms. The number of hydrogen-bond donors (Lipinski definition) is 1. The van der Waals surface area contributed by atoms with Crippen molar-refractivity contribution in [2.45, 2.75) is 31.9 Å². The molecule has 1 aliphatic heterocycles. The van der Waals surface area contributed by atoms with Crippen molar-refractivity contribution in [3.05, 3.63) is 41.2 Å². The van der Waals surface area contributed by atoms with E-state index in [1.54, 1.807) is 19.0 Å². The highest BCUT2D eigenvalue weighted by Gasteiger charge is 2.43. The van der Waals surface area contributed by atoms with Crippen molar-refractivity contribution in [1.82, 2.24) is 9.78 Å². The Kier molecular flexibility index (Phi) is 6.04. The van der Waals surface area contributed by atoms with E-state index in [0.29, 0.717) is 24.3 Å². The van der Waals surface area contributed by atoms with Gasteiger partial charge in [0, 0.05) is 25.4 Å². The fraction of sp³-hybridized carbons (Fsp3) is 0.450. The van der Waals surface area contributed by atoms with Crippen molar-refractivity contribution in [3.8, 4) is 5.75 Å². The average Bonchev–Trinajstić information content (AvgIpc) is 2.96. The summed E-state index contributed by atoms with van der Waals surface area (Å²) in [5.41, 5.74) is 6.97. The van der Waals surface area contributed by atoms with Gasteiger partial charge in [-0.05, 0) is 31.4 Å². The zero-order valence-electron chi connectivity index (χ0n) is 16.7. The maximum absolute atomic E-state index is 12.6. The number of para-hydroxylation sites is 2. The number of benzene rings is 1. The Morgan fingerprint density at radius 3 is 2.60 bits per heavy atom. The number of amides is 2. The number of aromatic nitrogens is 2. The van der Waals surface area contributed by atoms with Gasteiger partial charge in [-0.2, -0.15) is 18.3 Å². The second kappa shape index (κ2) is 8.37. The molecule has 2 aromatic rings. The smallest absolute Gasteiger partial charge is 0.392 e. The molecule has 0 radical (unpaired) electrons. The molecule has 2 N–H and O–H groups in total. The Labute approximate surface area is 171 Å². The van der Waals surface area contributed by atoms with Gasteiger partial charge in [0.25, 0.3) is 5.91 Å². The largest absolute Gasteiger partial charge is 0.491 e. The number of alkyl halides is 3. The van der Waals surface area contributed by atoms with Crippen LogP contribution in [0.1, 0.15) is 34.6 Å². The molecule has 1 atom stereocenters. The predicted octanol–water partition coefficient (Wildman–Crippen LogP) is 2.62. The first kappa shape index (κ1) is 21.7.